The van der Waals surface area contributed by atoms with Crippen molar-refractivity contribution in [1.82, 2.24) is 4.37 Å². The van der Waals surface area contributed by atoms with Gasteiger partial charge in [0.2, 0.25) is 5.89 Å². The molecule has 0 N–H and O–H groups in total. The van der Waals surface area contributed by atoms with E-state index in [2.05, 4.69) is 4.37 Å². The summed E-state index contributed by atoms with van der Waals surface area (Å²) in [5, 5.41) is 0. The molecule has 0 fully saturated rings. The first-order valence-corrected chi connectivity index (χ1v) is 4.68. The molecule has 0 saturated heterocycles. The third-order valence-electron chi connectivity index (χ3n) is 1.72. The molecule has 0 aliphatic rings. The molecule has 2 rings (SSSR count). The summed E-state index contributed by atoms with van der Waals surface area (Å²) in [4.78, 5) is 10.4. The Bertz CT molecular complexity index is 471. The highest BCUT2D eigenvalue weighted by Crippen LogP contribution is 2.19. The molecule has 14 heavy (non-hydrogen) atoms. The van der Waals surface area contributed by atoms with Crippen LogP contribution in [0.2, 0.25) is 0 Å². The second-order valence-electron chi connectivity index (χ2n) is 2.57. The summed E-state index contributed by atoms with van der Waals surface area (Å²) >= 11 is 0.806. The monoisotopic (exact) mass is 209 g/mol. The number of hydrogen-bond acceptors (Lipinski definition) is 5. The van der Waals surface area contributed by atoms with Crippen LogP contribution in [0.1, 0.15) is 0 Å². The maximum absolute atomic E-state index is 10.8. The van der Waals surface area contributed by atoms with Gasteiger partial charge in [-0.3, -0.25) is 0 Å². The van der Waals surface area contributed by atoms with E-state index in [-0.39, 0.29) is 0 Å². The van der Waals surface area contributed by atoms with Gasteiger partial charge in [0.15, 0.2) is 0 Å². The topological polar surface area (TPSA) is 52.3 Å². The number of nitrogens with zero attached hydrogens (tertiary/aromatic N) is 1. The molecule has 5 heteroatoms. The van der Waals surface area contributed by atoms with Crippen molar-refractivity contribution in [3.8, 4) is 17.2 Å². The van der Waals surface area contributed by atoms with Gasteiger partial charge < -0.3 is 9.15 Å². The van der Waals surface area contributed by atoms with Gasteiger partial charge >= 0.3 is 4.94 Å². The fourth-order valence-electron chi connectivity index (χ4n) is 1.04. The van der Waals surface area contributed by atoms with E-state index in [1.165, 1.54) is 0 Å². The number of hydrogen-bond donors (Lipinski definition) is 0. The van der Waals surface area contributed by atoms with Crippen molar-refractivity contribution in [3.63, 3.8) is 0 Å². The Morgan fingerprint density at radius 3 is 2.57 bits per heavy atom. The van der Waals surface area contributed by atoms with Crippen LogP contribution in [-0.4, -0.2) is 11.5 Å². The highest BCUT2D eigenvalue weighted by molar-refractivity contribution is 7.02. The smallest absolute Gasteiger partial charge is 0.414 e. The van der Waals surface area contributed by atoms with E-state index in [0.29, 0.717) is 5.89 Å². The van der Waals surface area contributed by atoms with Crippen LogP contribution in [0.5, 0.6) is 5.75 Å². The van der Waals surface area contributed by atoms with E-state index in [0.717, 1.165) is 22.8 Å². The molecule has 0 unspecified atom stereocenters. The summed E-state index contributed by atoms with van der Waals surface area (Å²) in [5.41, 5.74) is 0.768. The molecular weight excluding hydrogens is 202 g/mol. The van der Waals surface area contributed by atoms with Gasteiger partial charge in [-0.05, 0) is 24.3 Å². The number of benzene rings is 1. The van der Waals surface area contributed by atoms with Crippen LogP contribution in [0.4, 0.5) is 0 Å². The van der Waals surface area contributed by atoms with Gasteiger partial charge in [0, 0.05) is 5.56 Å². The van der Waals surface area contributed by atoms with Crippen molar-refractivity contribution in [2.45, 2.75) is 0 Å². The predicted molar refractivity (Wildman–Crippen MR) is 52.6 cm³/mol. The van der Waals surface area contributed by atoms with E-state index in [1.807, 2.05) is 0 Å². The molecule has 0 spiro atoms. The number of aromatic nitrogens is 1. The first kappa shape index (κ1) is 8.96. The minimum absolute atomic E-state index is 0.350. The summed E-state index contributed by atoms with van der Waals surface area (Å²) in [7, 11) is 1.60. The second kappa shape index (κ2) is 3.63. The average Bonchev–Trinajstić information content (AvgIpc) is 2.65. The summed E-state index contributed by atoms with van der Waals surface area (Å²) in [6.45, 7) is 0. The molecule has 0 aliphatic carbocycles. The maximum atomic E-state index is 10.8. The van der Waals surface area contributed by atoms with Crippen LogP contribution in [0.25, 0.3) is 11.5 Å². The van der Waals surface area contributed by atoms with E-state index >= 15 is 0 Å². The standard InChI is InChI=1S/C9H7NO3S/c1-12-7-4-2-6(3-5-7)8-10-14-9(11)13-8/h2-5H,1H3. The lowest BCUT2D eigenvalue weighted by molar-refractivity contribution is 0.415. The van der Waals surface area contributed by atoms with Gasteiger partial charge in [0.1, 0.15) is 5.75 Å². The summed E-state index contributed by atoms with van der Waals surface area (Å²) < 4.78 is 13.7. The molecule has 4 nitrogen and oxygen atoms in total. The van der Waals surface area contributed by atoms with Crippen LogP contribution in [-0.2, 0) is 0 Å². The van der Waals surface area contributed by atoms with Crippen LogP contribution in [0.15, 0.2) is 33.5 Å². The van der Waals surface area contributed by atoms with E-state index in [4.69, 9.17) is 9.15 Å². The van der Waals surface area contributed by atoms with Crippen molar-refractivity contribution in [1.29, 1.82) is 0 Å². The van der Waals surface area contributed by atoms with Crippen LogP contribution in [0, 0.1) is 0 Å². The lowest BCUT2D eigenvalue weighted by Gasteiger charge is -1.98. The zero-order valence-corrected chi connectivity index (χ0v) is 8.21. The lowest BCUT2D eigenvalue weighted by atomic mass is 10.2. The molecule has 1 heterocycles. The van der Waals surface area contributed by atoms with Crippen LogP contribution >= 0.6 is 11.5 Å². The summed E-state index contributed by atoms with van der Waals surface area (Å²) in [5.74, 6) is 1.11. The predicted octanol–water partition coefficient (Wildman–Crippen LogP) is 1.77. The zero-order chi connectivity index (χ0) is 9.97. The minimum atomic E-state index is -0.393. The molecule has 72 valence electrons. The Kier molecular flexibility index (Phi) is 2.32. The Hall–Kier alpha value is -1.62. The highest BCUT2D eigenvalue weighted by Gasteiger charge is 2.04. The fourth-order valence-corrected chi connectivity index (χ4v) is 1.46. The SMILES string of the molecule is COc1ccc(-c2nsc(=O)o2)cc1. The van der Waals surface area contributed by atoms with Crippen LogP contribution in [0.3, 0.4) is 0 Å². The summed E-state index contributed by atoms with van der Waals surface area (Å²) in [6, 6.07) is 7.15. The first-order valence-electron chi connectivity index (χ1n) is 3.91. The number of rotatable bonds is 2. The van der Waals surface area contributed by atoms with Gasteiger partial charge in [-0.25, -0.2) is 4.79 Å². The van der Waals surface area contributed by atoms with Crippen molar-refractivity contribution < 1.29 is 9.15 Å². The molecule has 0 aliphatic heterocycles. The van der Waals surface area contributed by atoms with E-state index in [9.17, 15) is 4.79 Å². The Morgan fingerprint density at radius 1 is 1.36 bits per heavy atom. The first-order chi connectivity index (χ1) is 6.79. The van der Waals surface area contributed by atoms with Crippen molar-refractivity contribution in [2.24, 2.45) is 0 Å². The molecular formula is C9H7NO3S. The molecule has 1 aromatic heterocycles. The van der Waals surface area contributed by atoms with Gasteiger partial charge in [-0.15, -0.1) is 4.37 Å². The average molecular weight is 209 g/mol. The zero-order valence-electron chi connectivity index (χ0n) is 7.39. The molecule has 0 bridgehead atoms. The Morgan fingerprint density at radius 2 is 2.07 bits per heavy atom. The lowest BCUT2D eigenvalue weighted by Crippen LogP contribution is -1.84. The maximum Gasteiger partial charge on any atom is 0.414 e. The summed E-state index contributed by atoms with van der Waals surface area (Å²) in [6.07, 6.45) is 0. The molecule has 0 atom stereocenters. The third-order valence-corrected chi connectivity index (χ3v) is 2.21. The largest absolute Gasteiger partial charge is 0.497 e. The molecule has 0 saturated carbocycles. The number of methoxy groups -OCH3 is 1. The number of ether oxygens (including phenoxy) is 1. The van der Waals surface area contributed by atoms with E-state index < -0.39 is 4.94 Å². The van der Waals surface area contributed by atoms with Crippen LogP contribution < -0.4 is 9.68 Å². The van der Waals surface area contributed by atoms with Gasteiger partial charge in [-0.1, -0.05) is 0 Å². The highest BCUT2D eigenvalue weighted by atomic mass is 32.1. The normalized spacial score (nSPS) is 10.1. The Balaban J connectivity index is 2.38. The fraction of sp³-hybridized carbons (Fsp3) is 0.111. The molecule has 0 radical (unpaired) electrons. The van der Waals surface area contributed by atoms with Crippen molar-refractivity contribution in [2.75, 3.05) is 7.11 Å². The van der Waals surface area contributed by atoms with Gasteiger partial charge in [-0.2, -0.15) is 0 Å². The molecule has 1 aromatic carbocycles. The second-order valence-corrected chi connectivity index (χ2v) is 3.27. The quantitative estimate of drug-likeness (QED) is 0.756. The minimum Gasteiger partial charge on any atom is -0.497 e. The third kappa shape index (κ3) is 1.67. The molecule has 0 amide bonds. The Labute approximate surface area is 83.9 Å². The van der Waals surface area contributed by atoms with Gasteiger partial charge in [0.25, 0.3) is 0 Å². The van der Waals surface area contributed by atoms with Crippen molar-refractivity contribution in [3.05, 3.63) is 34.0 Å². The van der Waals surface area contributed by atoms with Gasteiger partial charge in [0.05, 0.1) is 18.6 Å². The van der Waals surface area contributed by atoms with E-state index in [1.54, 1.807) is 31.4 Å². The van der Waals surface area contributed by atoms with Crippen molar-refractivity contribution >= 4 is 11.5 Å². The molecule has 2 aromatic rings.